The Morgan fingerprint density at radius 2 is 1.91 bits per heavy atom. The molecular formula is C28H24FN3O2. The molecule has 0 bridgehead atoms. The molecule has 5 nitrogen and oxygen atoms in total. The molecule has 2 aromatic carbocycles. The summed E-state index contributed by atoms with van der Waals surface area (Å²) < 4.78 is 14.9. The van der Waals surface area contributed by atoms with Crippen molar-refractivity contribution < 1.29 is 14.3 Å². The highest BCUT2D eigenvalue weighted by atomic mass is 19.1. The fourth-order valence-corrected chi connectivity index (χ4v) is 4.60. The maximum absolute atomic E-state index is 14.9. The van der Waals surface area contributed by atoms with E-state index < -0.39 is 11.9 Å². The van der Waals surface area contributed by atoms with Crippen LogP contribution in [0.25, 0.3) is 28.1 Å². The van der Waals surface area contributed by atoms with Crippen LogP contribution in [-0.4, -0.2) is 26.3 Å². The van der Waals surface area contributed by atoms with Gasteiger partial charge in [0.25, 0.3) is 0 Å². The molecule has 1 fully saturated rings. The largest absolute Gasteiger partial charge is 0.478 e. The third kappa shape index (κ3) is 4.03. The van der Waals surface area contributed by atoms with Gasteiger partial charge in [-0.15, -0.1) is 0 Å². The maximum atomic E-state index is 14.9. The van der Waals surface area contributed by atoms with Crippen molar-refractivity contribution in [1.82, 2.24) is 15.2 Å². The van der Waals surface area contributed by atoms with Gasteiger partial charge in [0.15, 0.2) is 0 Å². The number of aliphatic carboxylic acids is 1. The minimum Gasteiger partial charge on any atom is -0.478 e. The molecule has 0 amide bonds. The summed E-state index contributed by atoms with van der Waals surface area (Å²) in [5, 5.41) is 16.0. The third-order valence-electron chi connectivity index (χ3n) is 6.47. The van der Waals surface area contributed by atoms with Crippen LogP contribution in [0.3, 0.4) is 0 Å². The van der Waals surface area contributed by atoms with E-state index in [9.17, 15) is 9.18 Å². The van der Waals surface area contributed by atoms with Gasteiger partial charge in [0.1, 0.15) is 0 Å². The second kappa shape index (κ2) is 9.06. The summed E-state index contributed by atoms with van der Waals surface area (Å²) in [6, 6.07) is 17.3. The molecule has 34 heavy (non-hydrogen) atoms. The number of H-pyrrole nitrogens is 1. The van der Waals surface area contributed by atoms with Gasteiger partial charge in [0.05, 0.1) is 16.6 Å². The molecular weight excluding hydrogens is 429 g/mol. The van der Waals surface area contributed by atoms with Crippen LogP contribution in [0.4, 0.5) is 4.39 Å². The van der Waals surface area contributed by atoms with Crippen LogP contribution in [0.1, 0.15) is 47.2 Å². The average Bonchev–Trinajstić information content (AvgIpc) is 3.19. The fraction of sp³-hybridized carbons (Fsp3) is 0.179. The highest BCUT2D eigenvalue weighted by Gasteiger charge is 2.30. The number of aryl methyl sites for hydroxylation is 1. The summed E-state index contributed by atoms with van der Waals surface area (Å²) in [4.78, 5) is 15.7. The molecule has 1 aliphatic carbocycles. The number of carbonyl (C=O) groups is 1. The molecule has 2 N–H and O–H groups in total. The lowest BCUT2D eigenvalue weighted by Gasteiger charge is -2.31. The normalized spacial score (nSPS) is 14.9. The molecule has 0 saturated heterocycles. The Morgan fingerprint density at radius 1 is 1.12 bits per heavy atom. The SMILES string of the molecule is Cc1cccnc1C(=C(c1ccc(C=CC(=O)O)cc1)c1cccc2n[nH]c(F)c12)C1CCC1. The molecule has 4 aromatic rings. The number of rotatable bonds is 6. The lowest BCUT2D eigenvalue weighted by Crippen LogP contribution is -2.16. The van der Waals surface area contributed by atoms with E-state index in [2.05, 4.69) is 23.2 Å². The Morgan fingerprint density at radius 3 is 2.59 bits per heavy atom. The topological polar surface area (TPSA) is 78.9 Å². The standard InChI is InChI=1S/C28H24FN3O2/c1-17-5-4-16-30-27(17)25(19-6-2-7-19)24(20-13-10-18(11-14-20)12-15-23(33)34)21-8-3-9-22-26(21)28(29)32-31-22/h3-5,8-16,19H,2,6-7H2,1H3,(H,31,32)(H,33,34). The number of nitrogens with one attached hydrogen (secondary N) is 1. The quantitative estimate of drug-likeness (QED) is 0.338. The van der Waals surface area contributed by atoms with Crippen LogP contribution >= 0.6 is 0 Å². The van der Waals surface area contributed by atoms with Crippen molar-refractivity contribution in [2.24, 2.45) is 5.92 Å². The number of aromatic nitrogens is 3. The van der Waals surface area contributed by atoms with Crippen LogP contribution in [0.15, 0.2) is 66.9 Å². The van der Waals surface area contributed by atoms with Crippen molar-refractivity contribution in [3.05, 3.63) is 101 Å². The van der Waals surface area contributed by atoms with Crippen molar-refractivity contribution >= 4 is 34.1 Å². The highest BCUT2D eigenvalue weighted by molar-refractivity contribution is 6.06. The smallest absolute Gasteiger partial charge is 0.328 e. The van der Waals surface area contributed by atoms with Crippen LogP contribution < -0.4 is 0 Å². The van der Waals surface area contributed by atoms with Gasteiger partial charge in [-0.25, -0.2) is 4.79 Å². The molecule has 1 aliphatic rings. The van der Waals surface area contributed by atoms with Gasteiger partial charge in [-0.3, -0.25) is 10.1 Å². The van der Waals surface area contributed by atoms with Gasteiger partial charge in [-0.2, -0.15) is 9.49 Å². The first kappa shape index (κ1) is 21.8. The van der Waals surface area contributed by atoms with E-state index in [1.807, 2.05) is 42.5 Å². The predicted molar refractivity (Wildman–Crippen MR) is 131 cm³/mol. The van der Waals surface area contributed by atoms with Gasteiger partial charge < -0.3 is 5.11 Å². The number of carboxylic acids is 1. The Bertz CT molecular complexity index is 1430. The Kier molecular flexibility index (Phi) is 5.80. The number of halogens is 1. The van der Waals surface area contributed by atoms with Gasteiger partial charge in [-0.1, -0.05) is 48.9 Å². The molecule has 2 heterocycles. The number of allylic oxidation sites excluding steroid dienone is 1. The highest BCUT2D eigenvalue weighted by Crippen LogP contribution is 2.46. The maximum Gasteiger partial charge on any atom is 0.328 e. The molecule has 0 atom stereocenters. The van der Waals surface area contributed by atoms with Gasteiger partial charge in [0, 0.05) is 12.3 Å². The van der Waals surface area contributed by atoms with Crippen LogP contribution in [0.5, 0.6) is 0 Å². The number of fused-ring (bicyclic) bond motifs is 1. The van der Waals surface area contributed by atoms with E-state index in [1.54, 1.807) is 18.3 Å². The zero-order valence-corrected chi connectivity index (χ0v) is 18.8. The molecule has 170 valence electrons. The zero-order chi connectivity index (χ0) is 23.7. The van der Waals surface area contributed by atoms with Crippen LogP contribution in [0, 0.1) is 18.8 Å². The van der Waals surface area contributed by atoms with Crippen molar-refractivity contribution in [3.63, 3.8) is 0 Å². The molecule has 0 radical (unpaired) electrons. The minimum atomic E-state index is -0.996. The van der Waals surface area contributed by atoms with Crippen molar-refractivity contribution in [2.75, 3.05) is 0 Å². The van der Waals surface area contributed by atoms with Crippen LogP contribution in [0.2, 0.25) is 0 Å². The summed E-state index contributed by atoms with van der Waals surface area (Å²) in [5.41, 5.74) is 7.09. The summed E-state index contributed by atoms with van der Waals surface area (Å²) in [5.74, 6) is -1.14. The average molecular weight is 454 g/mol. The Balaban J connectivity index is 1.81. The lowest BCUT2D eigenvalue weighted by atomic mass is 9.73. The summed E-state index contributed by atoms with van der Waals surface area (Å²) in [7, 11) is 0. The molecule has 0 unspecified atom stereocenters. The van der Waals surface area contributed by atoms with E-state index in [4.69, 9.17) is 10.1 Å². The second-order valence-electron chi connectivity index (χ2n) is 8.62. The van der Waals surface area contributed by atoms with Gasteiger partial charge >= 0.3 is 5.97 Å². The van der Waals surface area contributed by atoms with Gasteiger partial charge in [0.2, 0.25) is 5.95 Å². The number of hydrogen-bond acceptors (Lipinski definition) is 3. The first-order chi connectivity index (χ1) is 16.5. The van der Waals surface area contributed by atoms with Crippen molar-refractivity contribution in [1.29, 1.82) is 0 Å². The number of aromatic amines is 1. The minimum absolute atomic E-state index is 0.320. The first-order valence-corrected chi connectivity index (χ1v) is 11.3. The Hall–Kier alpha value is -4.06. The van der Waals surface area contributed by atoms with E-state index >= 15 is 0 Å². The predicted octanol–water partition coefficient (Wildman–Crippen LogP) is 6.26. The van der Waals surface area contributed by atoms with E-state index in [0.29, 0.717) is 16.8 Å². The third-order valence-corrected chi connectivity index (χ3v) is 6.47. The van der Waals surface area contributed by atoms with Gasteiger partial charge in [-0.05, 0) is 77.3 Å². The first-order valence-electron chi connectivity index (χ1n) is 11.3. The van der Waals surface area contributed by atoms with Crippen molar-refractivity contribution in [3.8, 4) is 0 Å². The fourth-order valence-electron chi connectivity index (χ4n) is 4.60. The van der Waals surface area contributed by atoms with Crippen LogP contribution in [-0.2, 0) is 4.79 Å². The van der Waals surface area contributed by atoms with E-state index in [1.165, 1.54) is 0 Å². The molecule has 6 heteroatoms. The summed E-state index contributed by atoms with van der Waals surface area (Å²) in [6.45, 7) is 2.05. The summed E-state index contributed by atoms with van der Waals surface area (Å²) >= 11 is 0. The molecule has 2 aromatic heterocycles. The molecule has 5 rings (SSSR count). The number of nitrogens with zero attached hydrogens (tertiary/aromatic N) is 2. The number of pyridine rings is 1. The number of hydrogen-bond donors (Lipinski definition) is 2. The number of benzene rings is 2. The zero-order valence-electron chi connectivity index (χ0n) is 18.8. The monoisotopic (exact) mass is 453 g/mol. The second-order valence-corrected chi connectivity index (χ2v) is 8.62. The Labute approximate surface area is 196 Å². The lowest BCUT2D eigenvalue weighted by molar-refractivity contribution is -0.131. The van der Waals surface area contributed by atoms with Crippen molar-refractivity contribution in [2.45, 2.75) is 26.2 Å². The number of carboxylic acid groups (broad SMARTS) is 1. The van der Waals surface area contributed by atoms with E-state index in [0.717, 1.165) is 64.4 Å². The summed E-state index contributed by atoms with van der Waals surface area (Å²) in [6.07, 6.45) is 7.73. The molecule has 0 spiro atoms. The van der Waals surface area contributed by atoms with E-state index in [-0.39, 0.29) is 0 Å². The molecule has 0 aliphatic heterocycles. The molecule has 1 saturated carbocycles.